The van der Waals surface area contributed by atoms with Crippen LogP contribution in [0.15, 0.2) is 45.7 Å². The molecule has 7 nitrogen and oxygen atoms in total. The second-order valence-electron chi connectivity index (χ2n) is 5.92. The van der Waals surface area contributed by atoms with Gasteiger partial charge in [0.25, 0.3) is 5.91 Å². The average Bonchev–Trinajstić information content (AvgIpc) is 3.22. The van der Waals surface area contributed by atoms with Crippen molar-refractivity contribution in [3.05, 3.63) is 52.6 Å². The van der Waals surface area contributed by atoms with E-state index in [1.165, 1.54) is 17.0 Å². The number of rotatable bonds is 7. The van der Waals surface area contributed by atoms with E-state index in [9.17, 15) is 14.4 Å². The van der Waals surface area contributed by atoms with Gasteiger partial charge in [0.05, 0.1) is 10.5 Å². The second-order valence-corrected chi connectivity index (χ2v) is 7.59. The number of carboxylic acid groups (broad SMARTS) is 2. The van der Waals surface area contributed by atoms with Crippen LogP contribution in [-0.4, -0.2) is 43.8 Å². The van der Waals surface area contributed by atoms with Gasteiger partial charge in [0.1, 0.15) is 15.8 Å². The lowest BCUT2D eigenvalue weighted by Crippen LogP contribution is -2.29. The summed E-state index contributed by atoms with van der Waals surface area (Å²) < 4.78 is 6.10. The van der Waals surface area contributed by atoms with Crippen molar-refractivity contribution < 1.29 is 29.0 Å². The first-order chi connectivity index (χ1) is 13.3. The summed E-state index contributed by atoms with van der Waals surface area (Å²) in [5.41, 5.74) is 0.762. The minimum Gasteiger partial charge on any atom is -0.481 e. The van der Waals surface area contributed by atoms with Crippen molar-refractivity contribution in [1.82, 2.24) is 4.90 Å². The average molecular weight is 417 g/mol. The van der Waals surface area contributed by atoms with Crippen LogP contribution < -0.4 is 0 Å². The smallest absolute Gasteiger partial charge is 0.335 e. The molecule has 144 valence electrons. The highest BCUT2D eigenvalue weighted by Crippen LogP contribution is 2.33. The van der Waals surface area contributed by atoms with Gasteiger partial charge in [0.15, 0.2) is 0 Å². The van der Waals surface area contributed by atoms with Gasteiger partial charge < -0.3 is 14.6 Å². The molecule has 28 heavy (non-hydrogen) atoms. The molecule has 0 unspecified atom stereocenters. The monoisotopic (exact) mass is 417 g/mol. The second kappa shape index (κ2) is 8.41. The Balaban J connectivity index is 1.75. The first kappa shape index (κ1) is 19.8. The number of thiocarbonyl (C=S) groups is 1. The molecule has 2 N–H and O–H groups in total. The Hall–Kier alpha value is -2.91. The molecule has 2 aromatic rings. The van der Waals surface area contributed by atoms with Gasteiger partial charge in [-0.05, 0) is 30.7 Å². The van der Waals surface area contributed by atoms with Gasteiger partial charge in [0.2, 0.25) is 0 Å². The summed E-state index contributed by atoms with van der Waals surface area (Å²) in [6.45, 7) is 0.250. The third-order valence-electron chi connectivity index (χ3n) is 3.94. The quantitative estimate of drug-likeness (QED) is 0.518. The summed E-state index contributed by atoms with van der Waals surface area (Å²) in [6, 6.07) is 9.73. The Bertz CT molecular complexity index is 994. The summed E-state index contributed by atoms with van der Waals surface area (Å²) in [7, 11) is 0. The molecule has 0 aliphatic carbocycles. The largest absolute Gasteiger partial charge is 0.481 e. The minimum atomic E-state index is -1.03. The maximum Gasteiger partial charge on any atom is 0.335 e. The number of aliphatic carboxylic acids is 1. The maximum absolute atomic E-state index is 12.5. The molecule has 3 rings (SSSR count). The molecule has 0 radical (unpaired) electrons. The first-order valence-corrected chi connectivity index (χ1v) is 9.48. The number of hydrogen-bond donors (Lipinski definition) is 2. The topological polar surface area (TPSA) is 108 Å². The van der Waals surface area contributed by atoms with Crippen LogP contribution in [0.25, 0.3) is 17.4 Å². The highest BCUT2D eigenvalue weighted by Gasteiger charge is 2.31. The van der Waals surface area contributed by atoms with E-state index in [1.807, 2.05) is 0 Å². The van der Waals surface area contributed by atoms with E-state index in [0.29, 0.717) is 32.7 Å². The summed E-state index contributed by atoms with van der Waals surface area (Å²) >= 11 is 6.33. The Labute approximate surface area is 169 Å². The molecule has 0 atom stereocenters. The van der Waals surface area contributed by atoms with Gasteiger partial charge in [-0.25, -0.2) is 4.79 Å². The molecule has 0 saturated carbocycles. The molecule has 1 aromatic heterocycles. The molecule has 1 aliphatic heterocycles. The zero-order chi connectivity index (χ0) is 20.3. The molecule has 1 aliphatic rings. The van der Waals surface area contributed by atoms with E-state index in [1.54, 1.807) is 30.3 Å². The third-order valence-corrected chi connectivity index (χ3v) is 5.32. The van der Waals surface area contributed by atoms with Gasteiger partial charge in [-0.2, -0.15) is 0 Å². The summed E-state index contributed by atoms with van der Waals surface area (Å²) in [6.07, 6.45) is 1.86. The standard InChI is InChI=1S/C19H15NO6S2/c21-16(22)5-2-8-20-17(23)15(28-19(20)27)10-13-6-7-14(26-13)11-3-1-4-12(9-11)18(24)25/h1,3-4,6-7,9-10H,2,5,8H2,(H,21,22)(H,24,25). The van der Waals surface area contributed by atoms with Crippen LogP contribution in [-0.2, 0) is 9.59 Å². The Morgan fingerprint density at radius 1 is 1.21 bits per heavy atom. The highest BCUT2D eigenvalue weighted by molar-refractivity contribution is 8.26. The molecular formula is C19H15NO6S2. The number of carbonyl (C=O) groups is 3. The number of hydrogen-bond acceptors (Lipinski definition) is 6. The van der Waals surface area contributed by atoms with Crippen LogP contribution in [0.5, 0.6) is 0 Å². The Morgan fingerprint density at radius 3 is 2.71 bits per heavy atom. The lowest BCUT2D eigenvalue weighted by atomic mass is 10.1. The zero-order valence-corrected chi connectivity index (χ0v) is 16.1. The molecule has 1 aromatic carbocycles. The van der Waals surface area contributed by atoms with Crippen molar-refractivity contribution in [2.75, 3.05) is 6.54 Å². The predicted octanol–water partition coefficient (Wildman–Crippen LogP) is 3.71. The van der Waals surface area contributed by atoms with Gasteiger partial charge in [-0.1, -0.05) is 36.1 Å². The van der Waals surface area contributed by atoms with Crippen molar-refractivity contribution in [2.24, 2.45) is 0 Å². The number of benzene rings is 1. The molecular weight excluding hydrogens is 402 g/mol. The van der Waals surface area contributed by atoms with E-state index in [2.05, 4.69) is 0 Å². The lowest BCUT2D eigenvalue weighted by Gasteiger charge is -2.13. The first-order valence-electron chi connectivity index (χ1n) is 8.26. The number of nitrogens with zero attached hydrogens (tertiary/aromatic N) is 1. The fraction of sp³-hybridized carbons (Fsp3) is 0.158. The Morgan fingerprint density at radius 2 is 2.00 bits per heavy atom. The van der Waals surface area contributed by atoms with Gasteiger partial charge >= 0.3 is 11.9 Å². The fourth-order valence-corrected chi connectivity index (χ4v) is 3.89. The number of furan rings is 1. The van der Waals surface area contributed by atoms with Crippen molar-refractivity contribution in [3.8, 4) is 11.3 Å². The van der Waals surface area contributed by atoms with Crippen LogP contribution in [0.1, 0.15) is 29.0 Å². The number of thioether (sulfide) groups is 1. The van der Waals surface area contributed by atoms with Gasteiger partial charge in [0, 0.05) is 24.6 Å². The molecule has 0 spiro atoms. The third kappa shape index (κ3) is 4.49. The number of amides is 1. The summed E-state index contributed by atoms with van der Waals surface area (Å²) in [4.78, 5) is 36.0. The molecule has 1 amide bonds. The Kier molecular flexibility index (Phi) is 5.96. The van der Waals surface area contributed by atoms with Crippen LogP contribution in [0.2, 0.25) is 0 Å². The van der Waals surface area contributed by atoms with Crippen molar-refractivity contribution in [2.45, 2.75) is 12.8 Å². The van der Waals surface area contributed by atoms with Gasteiger partial charge in [-0.3, -0.25) is 14.5 Å². The molecule has 1 fully saturated rings. The SMILES string of the molecule is O=C(O)CCCN1C(=O)C(=Cc2ccc(-c3cccc(C(=O)O)c3)o2)SC1=S. The van der Waals surface area contributed by atoms with Crippen LogP contribution >= 0.6 is 24.0 Å². The zero-order valence-electron chi connectivity index (χ0n) is 14.5. The maximum atomic E-state index is 12.5. The van der Waals surface area contributed by atoms with E-state index >= 15 is 0 Å². The highest BCUT2D eigenvalue weighted by atomic mass is 32.2. The molecule has 2 heterocycles. The van der Waals surface area contributed by atoms with E-state index in [0.717, 1.165) is 11.8 Å². The lowest BCUT2D eigenvalue weighted by molar-refractivity contribution is -0.137. The van der Waals surface area contributed by atoms with Crippen molar-refractivity contribution >= 4 is 52.2 Å². The van der Waals surface area contributed by atoms with Crippen LogP contribution in [0, 0.1) is 0 Å². The van der Waals surface area contributed by atoms with Crippen LogP contribution in [0.4, 0.5) is 0 Å². The fourth-order valence-electron chi connectivity index (χ4n) is 2.60. The van der Waals surface area contributed by atoms with Gasteiger partial charge in [-0.15, -0.1) is 0 Å². The number of aromatic carboxylic acids is 1. The van der Waals surface area contributed by atoms with Crippen LogP contribution in [0.3, 0.4) is 0 Å². The van der Waals surface area contributed by atoms with Crippen molar-refractivity contribution in [1.29, 1.82) is 0 Å². The number of carbonyl (C=O) groups excluding carboxylic acids is 1. The van der Waals surface area contributed by atoms with E-state index in [4.69, 9.17) is 26.8 Å². The van der Waals surface area contributed by atoms with E-state index in [-0.39, 0.29) is 24.4 Å². The number of carboxylic acids is 2. The summed E-state index contributed by atoms with van der Waals surface area (Å²) in [5.74, 6) is -1.32. The normalized spacial score (nSPS) is 15.4. The summed E-state index contributed by atoms with van der Waals surface area (Å²) in [5, 5.41) is 17.8. The minimum absolute atomic E-state index is 0.0347. The predicted molar refractivity (Wildman–Crippen MR) is 108 cm³/mol. The van der Waals surface area contributed by atoms with E-state index < -0.39 is 11.9 Å². The van der Waals surface area contributed by atoms with Crippen molar-refractivity contribution in [3.63, 3.8) is 0 Å². The molecule has 0 bridgehead atoms. The molecule has 1 saturated heterocycles. The molecule has 9 heteroatoms.